The number of esters is 1. The summed E-state index contributed by atoms with van der Waals surface area (Å²) in [4.78, 5) is 18.8. The number of H-pyrrole nitrogens is 1. The SMILES string of the molecule is COC(=O)c1ncc(-c2[nH]ncc2Cl)c(Cl)n1. The van der Waals surface area contributed by atoms with Crippen LogP contribution in [0.1, 0.15) is 10.6 Å². The average Bonchev–Trinajstić information content (AvgIpc) is 2.74. The topological polar surface area (TPSA) is 80.8 Å². The second-order valence-electron chi connectivity index (χ2n) is 2.98. The van der Waals surface area contributed by atoms with Crippen molar-refractivity contribution in [2.24, 2.45) is 0 Å². The molecule has 0 saturated heterocycles. The van der Waals surface area contributed by atoms with Gasteiger partial charge >= 0.3 is 5.97 Å². The third-order valence-electron chi connectivity index (χ3n) is 1.97. The molecule has 6 nitrogen and oxygen atoms in total. The quantitative estimate of drug-likeness (QED) is 0.668. The van der Waals surface area contributed by atoms with Crippen molar-refractivity contribution in [3.63, 3.8) is 0 Å². The summed E-state index contributed by atoms with van der Waals surface area (Å²) in [7, 11) is 1.24. The number of aromatic amines is 1. The van der Waals surface area contributed by atoms with Gasteiger partial charge in [0.15, 0.2) is 0 Å². The Hall–Kier alpha value is -1.66. The Bertz CT molecular complexity index is 570. The van der Waals surface area contributed by atoms with Gasteiger partial charge in [-0.1, -0.05) is 23.2 Å². The van der Waals surface area contributed by atoms with Crippen molar-refractivity contribution < 1.29 is 9.53 Å². The number of ether oxygens (including phenoxy) is 1. The van der Waals surface area contributed by atoms with E-state index in [0.29, 0.717) is 16.3 Å². The van der Waals surface area contributed by atoms with Crippen molar-refractivity contribution in [1.82, 2.24) is 20.2 Å². The lowest BCUT2D eigenvalue weighted by Gasteiger charge is -2.02. The minimum absolute atomic E-state index is 0.0894. The van der Waals surface area contributed by atoms with Crippen molar-refractivity contribution in [2.75, 3.05) is 7.11 Å². The van der Waals surface area contributed by atoms with Gasteiger partial charge in [0.2, 0.25) is 5.82 Å². The molecule has 0 fully saturated rings. The lowest BCUT2D eigenvalue weighted by molar-refractivity contribution is 0.0586. The lowest BCUT2D eigenvalue weighted by atomic mass is 10.2. The van der Waals surface area contributed by atoms with Crippen LogP contribution >= 0.6 is 23.2 Å². The number of carbonyl (C=O) groups excluding carboxylic acids is 1. The van der Waals surface area contributed by atoms with E-state index in [2.05, 4.69) is 24.9 Å². The van der Waals surface area contributed by atoms with Crippen LogP contribution in [0.3, 0.4) is 0 Å². The molecule has 0 saturated carbocycles. The Morgan fingerprint density at radius 1 is 1.41 bits per heavy atom. The van der Waals surface area contributed by atoms with Crippen LogP contribution in [-0.2, 0) is 4.74 Å². The molecule has 0 aliphatic carbocycles. The summed E-state index contributed by atoms with van der Waals surface area (Å²) in [6.45, 7) is 0. The van der Waals surface area contributed by atoms with Crippen molar-refractivity contribution in [1.29, 1.82) is 0 Å². The Labute approximate surface area is 106 Å². The van der Waals surface area contributed by atoms with E-state index in [1.807, 2.05) is 0 Å². The molecular formula is C9H6Cl2N4O2. The largest absolute Gasteiger partial charge is 0.463 e. The molecule has 0 aromatic carbocycles. The number of methoxy groups -OCH3 is 1. The Balaban J connectivity index is 2.46. The van der Waals surface area contributed by atoms with Crippen molar-refractivity contribution in [3.8, 4) is 11.3 Å². The van der Waals surface area contributed by atoms with Gasteiger partial charge in [0.1, 0.15) is 5.15 Å². The molecule has 17 heavy (non-hydrogen) atoms. The van der Waals surface area contributed by atoms with Crippen LogP contribution in [0.5, 0.6) is 0 Å². The van der Waals surface area contributed by atoms with E-state index >= 15 is 0 Å². The third kappa shape index (κ3) is 2.22. The number of carbonyl (C=O) groups is 1. The maximum Gasteiger partial charge on any atom is 0.376 e. The Kier molecular flexibility index (Phi) is 3.26. The van der Waals surface area contributed by atoms with Gasteiger partial charge in [0, 0.05) is 6.20 Å². The molecule has 0 amide bonds. The zero-order valence-electron chi connectivity index (χ0n) is 8.57. The van der Waals surface area contributed by atoms with Gasteiger partial charge in [-0.3, -0.25) is 5.10 Å². The van der Waals surface area contributed by atoms with E-state index < -0.39 is 5.97 Å². The molecule has 0 aliphatic heterocycles. The van der Waals surface area contributed by atoms with Gasteiger partial charge in [-0.25, -0.2) is 14.8 Å². The predicted octanol–water partition coefficient (Wildman–Crippen LogP) is 1.96. The van der Waals surface area contributed by atoms with Crippen LogP contribution in [0.4, 0.5) is 0 Å². The molecule has 88 valence electrons. The van der Waals surface area contributed by atoms with Crippen molar-refractivity contribution in [2.45, 2.75) is 0 Å². The van der Waals surface area contributed by atoms with Gasteiger partial charge in [0.25, 0.3) is 0 Å². The summed E-state index contributed by atoms with van der Waals surface area (Å²) in [5.41, 5.74) is 0.954. The number of hydrogen-bond acceptors (Lipinski definition) is 5. The summed E-state index contributed by atoms with van der Waals surface area (Å²) in [6.07, 6.45) is 2.81. The van der Waals surface area contributed by atoms with E-state index in [-0.39, 0.29) is 11.0 Å². The molecule has 2 aromatic heterocycles. The van der Waals surface area contributed by atoms with Gasteiger partial charge < -0.3 is 4.74 Å². The third-order valence-corrected chi connectivity index (χ3v) is 2.55. The first-order valence-electron chi connectivity index (χ1n) is 4.43. The summed E-state index contributed by atoms with van der Waals surface area (Å²) < 4.78 is 4.48. The second kappa shape index (κ2) is 4.68. The van der Waals surface area contributed by atoms with Gasteiger partial charge in [-0.2, -0.15) is 5.10 Å². The van der Waals surface area contributed by atoms with E-state index in [1.165, 1.54) is 19.5 Å². The smallest absolute Gasteiger partial charge is 0.376 e. The fourth-order valence-electron chi connectivity index (χ4n) is 1.18. The summed E-state index contributed by atoms with van der Waals surface area (Å²) in [5.74, 6) is -0.772. The fourth-order valence-corrected chi connectivity index (χ4v) is 1.59. The number of hydrogen-bond donors (Lipinski definition) is 1. The predicted molar refractivity (Wildman–Crippen MR) is 61.0 cm³/mol. The van der Waals surface area contributed by atoms with E-state index in [1.54, 1.807) is 0 Å². The zero-order valence-corrected chi connectivity index (χ0v) is 10.1. The van der Waals surface area contributed by atoms with Crippen LogP contribution in [0.2, 0.25) is 10.2 Å². The van der Waals surface area contributed by atoms with Gasteiger partial charge in [-0.05, 0) is 0 Å². The first-order valence-corrected chi connectivity index (χ1v) is 5.19. The molecule has 0 spiro atoms. The molecule has 0 unspecified atom stereocenters. The summed E-state index contributed by atoms with van der Waals surface area (Å²) >= 11 is 11.8. The van der Waals surface area contributed by atoms with Crippen molar-refractivity contribution >= 4 is 29.2 Å². The molecule has 0 aliphatic rings. The zero-order chi connectivity index (χ0) is 12.4. The summed E-state index contributed by atoms with van der Waals surface area (Å²) in [6, 6.07) is 0. The summed E-state index contributed by atoms with van der Waals surface area (Å²) in [5, 5.41) is 6.89. The number of halogens is 2. The van der Waals surface area contributed by atoms with E-state index in [4.69, 9.17) is 23.2 Å². The van der Waals surface area contributed by atoms with Crippen molar-refractivity contribution in [3.05, 3.63) is 28.4 Å². The highest BCUT2D eigenvalue weighted by molar-refractivity contribution is 6.35. The van der Waals surface area contributed by atoms with Gasteiger partial charge in [0.05, 0.1) is 29.6 Å². The van der Waals surface area contributed by atoms with Crippen LogP contribution in [0.15, 0.2) is 12.4 Å². The number of rotatable bonds is 2. The second-order valence-corrected chi connectivity index (χ2v) is 3.75. The average molecular weight is 273 g/mol. The highest BCUT2D eigenvalue weighted by Gasteiger charge is 2.15. The molecule has 0 radical (unpaired) electrons. The van der Waals surface area contributed by atoms with E-state index in [0.717, 1.165) is 0 Å². The van der Waals surface area contributed by atoms with Crippen LogP contribution in [0, 0.1) is 0 Å². The molecular weight excluding hydrogens is 267 g/mol. The first kappa shape index (κ1) is 11.8. The Morgan fingerprint density at radius 2 is 2.18 bits per heavy atom. The maximum atomic E-state index is 11.2. The van der Waals surface area contributed by atoms with Crippen LogP contribution in [-0.4, -0.2) is 33.2 Å². The number of nitrogens with one attached hydrogen (secondary N) is 1. The molecule has 1 N–H and O–H groups in total. The minimum atomic E-state index is -0.658. The Morgan fingerprint density at radius 3 is 2.71 bits per heavy atom. The van der Waals surface area contributed by atoms with E-state index in [9.17, 15) is 4.79 Å². The highest BCUT2D eigenvalue weighted by atomic mass is 35.5. The molecule has 2 aromatic rings. The molecule has 0 atom stereocenters. The van der Waals surface area contributed by atoms with Crippen LogP contribution < -0.4 is 0 Å². The molecule has 0 bridgehead atoms. The number of nitrogens with zero attached hydrogens (tertiary/aromatic N) is 3. The highest BCUT2D eigenvalue weighted by Crippen LogP contribution is 2.29. The standard InChI is InChI=1S/C9H6Cl2N4O2/c1-17-9(16)8-12-2-4(7(11)14-8)6-5(10)3-13-15-6/h2-3H,1H3,(H,13,15). The minimum Gasteiger partial charge on any atom is -0.463 e. The van der Waals surface area contributed by atoms with Gasteiger partial charge in [-0.15, -0.1) is 0 Å². The normalized spacial score (nSPS) is 10.3. The molecule has 2 rings (SSSR count). The van der Waals surface area contributed by atoms with Crippen LogP contribution in [0.25, 0.3) is 11.3 Å². The molecule has 2 heterocycles. The first-order chi connectivity index (χ1) is 8.13. The maximum absolute atomic E-state index is 11.2. The fraction of sp³-hybridized carbons (Fsp3) is 0.111. The monoisotopic (exact) mass is 272 g/mol. The number of aromatic nitrogens is 4. The lowest BCUT2D eigenvalue weighted by Crippen LogP contribution is -2.07. The molecule has 8 heteroatoms.